The zero-order valence-corrected chi connectivity index (χ0v) is 24.8. The molecule has 12 nitrogen and oxygen atoms in total. The van der Waals surface area contributed by atoms with E-state index in [-0.39, 0.29) is 43.0 Å². The number of ether oxygens (including phenoxy) is 7. The summed E-state index contributed by atoms with van der Waals surface area (Å²) in [5.74, 6) is -0.793. The summed E-state index contributed by atoms with van der Waals surface area (Å²) in [6.07, 6.45) is -4.48. The molecule has 12 heteroatoms. The second kappa shape index (κ2) is 15.9. The normalized spacial score (nSPS) is 13.6. The van der Waals surface area contributed by atoms with Crippen LogP contribution in [-0.2, 0) is 34.9 Å². The van der Waals surface area contributed by atoms with Gasteiger partial charge in [-0.2, -0.15) is 0 Å². The van der Waals surface area contributed by atoms with Crippen LogP contribution in [0.3, 0.4) is 0 Å². The predicted octanol–water partition coefficient (Wildman–Crippen LogP) is 5.17. The summed E-state index contributed by atoms with van der Waals surface area (Å²) in [5, 5.41) is 0. The van der Waals surface area contributed by atoms with Crippen LogP contribution in [-0.4, -0.2) is 61.5 Å². The van der Waals surface area contributed by atoms with E-state index in [9.17, 15) is 19.2 Å². The molecule has 1 rings (SSSR count). The number of esters is 1. The Kier molecular flexibility index (Phi) is 13.7. The van der Waals surface area contributed by atoms with Gasteiger partial charge in [0.25, 0.3) is 0 Å². The minimum atomic E-state index is -1.11. The zero-order valence-electron chi connectivity index (χ0n) is 24.8. The van der Waals surface area contributed by atoms with Crippen molar-refractivity contribution in [3.8, 4) is 11.5 Å². The first-order valence-corrected chi connectivity index (χ1v) is 13.1. The maximum Gasteiger partial charge on any atom is 0.513 e. The van der Waals surface area contributed by atoms with Crippen molar-refractivity contribution in [2.24, 2.45) is 17.6 Å². The van der Waals surface area contributed by atoms with Crippen molar-refractivity contribution in [3.05, 3.63) is 23.8 Å². The van der Waals surface area contributed by atoms with E-state index in [0.29, 0.717) is 5.56 Å². The van der Waals surface area contributed by atoms with Gasteiger partial charge >= 0.3 is 24.4 Å². The quantitative estimate of drug-likeness (QED) is 0.200. The van der Waals surface area contributed by atoms with E-state index >= 15 is 0 Å². The zero-order chi connectivity index (χ0) is 30.6. The second-order valence-corrected chi connectivity index (χ2v) is 11.1. The molecular weight excluding hydrogens is 526 g/mol. The highest BCUT2D eigenvalue weighted by atomic mass is 16.8. The van der Waals surface area contributed by atoms with Crippen molar-refractivity contribution in [1.82, 2.24) is 0 Å². The fourth-order valence-corrected chi connectivity index (χ4v) is 2.78. The van der Waals surface area contributed by atoms with Gasteiger partial charge in [-0.1, -0.05) is 33.8 Å². The molecule has 0 aliphatic heterocycles. The maximum absolute atomic E-state index is 12.6. The lowest BCUT2D eigenvalue weighted by Crippen LogP contribution is -2.40. The Bertz CT molecular complexity index is 1000. The molecule has 0 aliphatic rings. The van der Waals surface area contributed by atoms with Crippen LogP contribution >= 0.6 is 0 Å². The highest BCUT2D eigenvalue weighted by molar-refractivity contribution is 5.76. The Balaban J connectivity index is 2.91. The largest absolute Gasteiger partial charge is 0.513 e. The van der Waals surface area contributed by atoms with E-state index in [4.69, 9.17) is 38.9 Å². The second-order valence-electron chi connectivity index (χ2n) is 11.1. The van der Waals surface area contributed by atoms with Gasteiger partial charge < -0.3 is 38.9 Å². The maximum atomic E-state index is 12.6. The van der Waals surface area contributed by atoms with Gasteiger partial charge in [0.1, 0.15) is 23.9 Å². The molecule has 0 aromatic heterocycles. The highest BCUT2D eigenvalue weighted by Gasteiger charge is 2.27. The number of carbonyl (C=O) groups excluding carboxylic acids is 4. The van der Waals surface area contributed by atoms with Gasteiger partial charge in [0.15, 0.2) is 11.5 Å². The molecule has 0 spiro atoms. The Morgan fingerprint density at radius 2 is 1.25 bits per heavy atom. The van der Waals surface area contributed by atoms with Crippen LogP contribution in [0.1, 0.15) is 67.9 Å². The summed E-state index contributed by atoms with van der Waals surface area (Å²) in [5.41, 5.74) is 5.80. The van der Waals surface area contributed by atoms with E-state index < -0.39 is 48.3 Å². The van der Waals surface area contributed by atoms with Crippen LogP contribution in [0.15, 0.2) is 18.2 Å². The van der Waals surface area contributed by atoms with E-state index in [1.165, 1.54) is 12.1 Å². The monoisotopic (exact) mass is 569 g/mol. The first kappa shape index (κ1) is 34.5. The topological polar surface area (TPSA) is 159 Å². The van der Waals surface area contributed by atoms with Crippen LogP contribution in [0.2, 0.25) is 0 Å². The SMILES string of the molecule is CC(C)COC(=O)Oc1ccc(C[C@H](N)C(=O)O[C@@H](C)C(C)OC(=O)OC(C)(C)C)cc1OC(=O)OCC(C)C. The van der Waals surface area contributed by atoms with Crippen LogP contribution in [0, 0.1) is 11.8 Å². The van der Waals surface area contributed by atoms with Crippen LogP contribution in [0.5, 0.6) is 11.5 Å². The van der Waals surface area contributed by atoms with Gasteiger partial charge in [-0.15, -0.1) is 0 Å². The van der Waals surface area contributed by atoms with Crippen LogP contribution in [0.25, 0.3) is 0 Å². The molecule has 1 aromatic carbocycles. The lowest BCUT2D eigenvalue weighted by atomic mass is 10.1. The molecule has 0 fully saturated rings. The molecule has 40 heavy (non-hydrogen) atoms. The molecule has 226 valence electrons. The lowest BCUT2D eigenvalue weighted by Gasteiger charge is -2.24. The van der Waals surface area contributed by atoms with Crippen molar-refractivity contribution in [2.75, 3.05) is 13.2 Å². The third-order valence-corrected chi connectivity index (χ3v) is 4.86. The van der Waals surface area contributed by atoms with Gasteiger partial charge in [-0.25, -0.2) is 14.4 Å². The van der Waals surface area contributed by atoms with Crippen molar-refractivity contribution in [3.63, 3.8) is 0 Å². The number of rotatable bonds is 12. The Morgan fingerprint density at radius 3 is 1.75 bits per heavy atom. The average molecular weight is 570 g/mol. The molecule has 0 saturated carbocycles. The average Bonchev–Trinajstić information content (AvgIpc) is 2.81. The lowest BCUT2D eigenvalue weighted by molar-refractivity contribution is -0.156. The van der Waals surface area contributed by atoms with E-state index in [1.807, 2.05) is 27.7 Å². The first-order valence-electron chi connectivity index (χ1n) is 13.1. The summed E-state index contributed by atoms with van der Waals surface area (Å²) in [6, 6.07) is 3.21. The molecule has 3 atom stereocenters. The highest BCUT2D eigenvalue weighted by Crippen LogP contribution is 2.30. The summed E-state index contributed by atoms with van der Waals surface area (Å²) < 4.78 is 36.2. The van der Waals surface area contributed by atoms with Gasteiger partial charge in [-0.3, -0.25) is 4.79 Å². The van der Waals surface area contributed by atoms with Crippen LogP contribution in [0.4, 0.5) is 14.4 Å². The van der Waals surface area contributed by atoms with Gasteiger partial charge in [-0.05, 0) is 70.6 Å². The number of hydrogen-bond donors (Lipinski definition) is 1. The molecule has 1 unspecified atom stereocenters. The molecule has 2 N–H and O–H groups in total. The number of carbonyl (C=O) groups is 4. The summed E-state index contributed by atoms with van der Waals surface area (Å²) in [4.78, 5) is 48.8. The number of hydrogen-bond acceptors (Lipinski definition) is 12. The fraction of sp³-hybridized carbons (Fsp3) is 0.643. The molecule has 0 bridgehead atoms. The minimum absolute atomic E-state index is 0.0116. The van der Waals surface area contributed by atoms with Gasteiger partial charge in [0.2, 0.25) is 0 Å². The van der Waals surface area contributed by atoms with Crippen molar-refractivity contribution < 1.29 is 52.3 Å². The predicted molar refractivity (Wildman–Crippen MR) is 144 cm³/mol. The first-order chi connectivity index (χ1) is 18.5. The Labute approximate surface area is 235 Å². The molecule has 0 heterocycles. The molecule has 0 aliphatic carbocycles. The molecule has 0 amide bonds. The van der Waals surface area contributed by atoms with Crippen molar-refractivity contribution in [2.45, 2.75) is 92.6 Å². The molecule has 0 saturated heterocycles. The summed E-state index contributed by atoms with van der Waals surface area (Å²) >= 11 is 0. The van der Waals surface area contributed by atoms with E-state index in [2.05, 4.69) is 0 Å². The Morgan fingerprint density at radius 1 is 0.750 bits per heavy atom. The smallest absolute Gasteiger partial charge is 0.458 e. The minimum Gasteiger partial charge on any atom is -0.458 e. The summed E-state index contributed by atoms with van der Waals surface area (Å²) in [7, 11) is 0. The van der Waals surface area contributed by atoms with E-state index in [0.717, 1.165) is 0 Å². The molecule has 0 radical (unpaired) electrons. The Hall–Kier alpha value is -3.54. The number of benzene rings is 1. The van der Waals surface area contributed by atoms with Crippen LogP contribution < -0.4 is 15.2 Å². The van der Waals surface area contributed by atoms with Gasteiger partial charge in [0.05, 0.1) is 13.2 Å². The third kappa shape index (κ3) is 14.0. The van der Waals surface area contributed by atoms with Gasteiger partial charge in [0, 0.05) is 0 Å². The third-order valence-electron chi connectivity index (χ3n) is 4.86. The van der Waals surface area contributed by atoms with Crippen molar-refractivity contribution in [1.29, 1.82) is 0 Å². The van der Waals surface area contributed by atoms with E-state index in [1.54, 1.807) is 40.7 Å². The molecule has 1 aromatic rings. The standard InChI is InChI=1S/C28H43NO11/c1-16(2)14-34-25(31)38-22-11-10-20(13-23(22)39-26(32)35-15-17(3)4)12-21(29)24(30)36-18(5)19(6)37-27(33)40-28(7,8)9/h10-11,13,16-19,21H,12,14-15,29H2,1-9H3/t18-,19?,21-/m0/s1. The number of nitrogens with two attached hydrogens (primary N) is 1. The molecular formula is C28H43NO11. The van der Waals surface area contributed by atoms with Crippen molar-refractivity contribution >= 4 is 24.4 Å². The summed E-state index contributed by atoms with van der Waals surface area (Å²) in [6.45, 7) is 15.9. The fourth-order valence-electron chi connectivity index (χ4n) is 2.78.